The van der Waals surface area contributed by atoms with Crippen LogP contribution in [0.15, 0.2) is 48.7 Å². The van der Waals surface area contributed by atoms with Crippen molar-refractivity contribution >= 4 is 19.7 Å². The summed E-state index contributed by atoms with van der Waals surface area (Å²) in [5.74, 6) is 4.95. The highest BCUT2D eigenvalue weighted by molar-refractivity contribution is 6.83. The third kappa shape index (κ3) is 5.70. The summed E-state index contributed by atoms with van der Waals surface area (Å²) in [6.07, 6.45) is 1.65. The molecule has 0 bridgehead atoms. The first kappa shape index (κ1) is 21.1. The SMILES string of the molecule is Cc1cc(C#C[Si](C)(C)C)cc(C)c1Oc1ccnc(Nc2ccc(C#N)cc2)n1. The maximum Gasteiger partial charge on any atom is 0.230 e. The summed E-state index contributed by atoms with van der Waals surface area (Å²) in [6, 6.07) is 15.0. The van der Waals surface area contributed by atoms with Crippen LogP contribution in [0.2, 0.25) is 19.6 Å². The lowest BCUT2D eigenvalue weighted by Gasteiger charge is -2.13. The molecule has 1 heterocycles. The summed E-state index contributed by atoms with van der Waals surface area (Å²) >= 11 is 0. The molecule has 0 aliphatic heterocycles. The number of anilines is 2. The molecule has 0 aliphatic rings. The number of rotatable bonds is 4. The van der Waals surface area contributed by atoms with Gasteiger partial charge in [0.1, 0.15) is 13.8 Å². The molecule has 0 amide bonds. The van der Waals surface area contributed by atoms with Crippen LogP contribution in [0.25, 0.3) is 0 Å². The highest BCUT2D eigenvalue weighted by atomic mass is 28.3. The van der Waals surface area contributed by atoms with Crippen molar-refractivity contribution in [3.8, 4) is 29.2 Å². The van der Waals surface area contributed by atoms with E-state index in [1.807, 2.05) is 38.1 Å². The number of nitrogens with one attached hydrogen (secondary N) is 1. The van der Waals surface area contributed by atoms with Crippen LogP contribution in [0.1, 0.15) is 22.3 Å². The van der Waals surface area contributed by atoms with Gasteiger partial charge in [-0.15, -0.1) is 5.54 Å². The minimum Gasteiger partial charge on any atom is -0.438 e. The third-order valence-corrected chi connectivity index (χ3v) is 5.02. The van der Waals surface area contributed by atoms with Crippen LogP contribution in [-0.4, -0.2) is 18.0 Å². The van der Waals surface area contributed by atoms with Crippen LogP contribution in [0.4, 0.5) is 11.6 Å². The van der Waals surface area contributed by atoms with E-state index in [2.05, 4.69) is 52.5 Å². The van der Waals surface area contributed by atoms with E-state index in [9.17, 15) is 0 Å². The van der Waals surface area contributed by atoms with Gasteiger partial charge in [0.25, 0.3) is 0 Å². The zero-order valence-corrected chi connectivity index (χ0v) is 18.9. The lowest BCUT2D eigenvalue weighted by atomic mass is 10.1. The number of nitrogens with zero attached hydrogens (tertiary/aromatic N) is 3. The lowest BCUT2D eigenvalue weighted by molar-refractivity contribution is 0.455. The average molecular weight is 413 g/mol. The van der Waals surface area contributed by atoms with Crippen molar-refractivity contribution in [2.45, 2.75) is 33.5 Å². The summed E-state index contributed by atoms with van der Waals surface area (Å²) in [6.45, 7) is 10.7. The molecule has 0 saturated heterocycles. The van der Waals surface area contributed by atoms with Crippen LogP contribution in [-0.2, 0) is 0 Å². The Morgan fingerprint density at radius 2 is 1.63 bits per heavy atom. The molecule has 3 aromatic rings. The van der Waals surface area contributed by atoms with E-state index in [-0.39, 0.29) is 0 Å². The van der Waals surface area contributed by atoms with Crippen molar-refractivity contribution in [2.24, 2.45) is 0 Å². The maximum atomic E-state index is 8.90. The van der Waals surface area contributed by atoms with Gasteiger partial charge in [-0.2, -0.15) is 10.2 Å². The fourth-order valence-corrected chi connectivity index (χ4v) is 3.28. The van der Waals surface area contributed by atoms with Crippen molar-refractivity contribution in [3.05, 3.63) is 70.9 Å². The minimum absolute atomic E-state index is 0.421. The van der Waals surface area contributed by atoms with Gasteiger partial charge in [-0.25, -0.2) is 4.98 Å². The largest absolute Gasteiger partial charge is 0.438 e. The molecule has 1 N–H and O–H groups in total. The van der Waals surface area contributed by atoms with Gasteiger partial charge in [-0.1, -0.05) is 25.6 Å². The van der Waals surface area contributed by atoms with E-state index in [1.54, 1.807) is 24.4 Å². The predicted octanol–water partition coefficient (Wildman–Crippen LogP) is 5.73. The number of ether oxygens (including phenoxy) is 1. The van der Waals surface area contributed by atoms with Gasteiger partial charge < -0.3 is 10.1 Å². The van der Waals surface area contributed by atoms with Gasteiger partial charge in [0.2, 0.25) is 11.8 Å². The molecule has 1 aromatic heterocycles. The zero-order chi connectivity index (χ0) is 21.7. The van der Waals surface area contributed by atoms with Crippen LogP contribution >= 0.6 is 0 Å². The Morgan fingerprint density at radius 3 is 2.23 bits per heavy atom. The van der Waals surface area contributed by atoms with Gasteiger partial charge in [0.05, 0.1) is 11.6 Å². The van der Waals surface area contributed by atoms with E-state index in [0.717, 1.165) is 28.1 Å². The number of hydrogen-bond donors (Lipinski definition) is 1. The fraction of sp³-hybridized carbons (Fsp3) is 0.208. The Bertz CT molecular complexity index is 1140. The van der Waals surface area contributed by atoms with Crippen molar-refractivity contribution < 1.29 is 4.74 Å². The highest BCUT2D eigenvalue weighted by Gasteiger charge is 2.11. The molecule has 0 saturated carbocycles. The standard InChI is InChI=1S/C24H24N4OSi/c1-17-14-20(11-13-30(3,4)5)15-18(2)23(17)29-22-10-12-26-24(28-22)27-21-8-6-19(16-25)7-9-21/h6-10,12,14-15H,1-5H3,(H,26,27,28). The smallest absolute Gasteiger partial charge is 0.230 e. The zero-order valence-electron chi connectivity index (χ0n) is 17.9. The van der Waals surface area contributed by atoms with Crippen LogP contribution in [0.3, 0.4) is 0 Å². The summed E-state index contributed by atoms with van der Waals surface area (Å²) in [5, 5.41) is 12.0. The van der Waals surface area contributed by atoms with Gasteiger partial charge in [0, 0.05) is 23.5 Å². The average Bonchev–Trinajstić information content (AvgIpc) is 2.69. The molecule has 5 nitrogen and oxygen atoms in total. The molecular formula is C24H24N4OSi. The van der Waals surface area contributed by atoms with Gasteiger partial charge in [-0.3, -0.25) is 0 Å². The van der Waals surface area contributed by atoms with Crippen molar-refractivity contribution in [3.63, 3.8) is 0 Å². The van der Waals surface area contributed by atoms with Gasteiger partial charge in [-0.05, 0) is 61.4 Å². The van der Waals surface area contributed by atoms with Crippen molar-refractivity contribution in [1.82, 2.24) is 9.97 Å². The molecule has 6 heteroatoms. The second kappa shape index (κ2) is 8.81. The quantitative estimate of drug-likeness (QED) is 0.438. The number of aromatic nitrogens is 2. The normalized spacial score (nSPS) is 10.5. The first-order valence-corrected chi connectivity index (χ1v) is 13.2. The topological polar surface area (TPSA) is 70.8 Å². The Hall–Kier alpha value is -3.61. The molecule has 0 aliphatic carbocycles. The van der Waals surface area contributed by atoms with Gasteiger partial charge in [0.15, 0.2) is 0 Å². The first-order valence-electron chi connectivity index (χ1n) is 9.66. The minimum atomic E-state index is -1.43. The van der Waals surface area contributed by atoms with Gasteiger partial charge >= 0.3 is 0 Å². The van der Waals surface area contributed by atoms with E-state index in [0.29, 0.717) is 17.4 Å². The predicted molar refractivity (Wildman–Crippen MR) is 123 cm³/mol. The molecular weight excluding hydrogens is 388 g/mol. The second-order valence-electron chi connectivity index (χ2n) is 8.07. The Kier molecular flexibility index (Phi) is 6.20. The number of hydrogen-bond acceptors (Lipinski definition) is 5. The van der Waals surface area contributed by atoms with Crippen LogP contribution < -0.4 is 10.1 Å². The Labute approximate surface area is 178 Å². The first-order chi connectivity index (χ1) is 14.2. The summed E-state index contributed by atoms with van der Waals surface area (Å²) in [4.78, 5) is 8.69. The van der Waals surface area contributed by atoms with E-state index >= 15 is 0 Å². The number of nitriles is 1. The van der Waals surface area contributed by atoms with Crippen LogP contribution in [0, 0.1) is 36.6 Å². The van der Waals surface area contributed by atoms with Crippen molar-refractivity contribution in [1.29, 1.82) is 5.26 Å². The van der Waals surface area contributed by atoms with Crippen molar-refractivity contribution in [2.75, 3.05) is 5.32 Å². The highest BCUT2D eigenvalue weighted by Crippen LogP contribution is 2.29. The molecule has 0 radical (unpaired) electrons. The monoisotopic (exact) mass is 412 g/mol. The molecule has 0 unspecified atom stereocenters. The Morgan fingerprint density at radius 1 is 0.967 bits per heavy atom. The maximum absolute atomic E-state index is 8.90. The van der Waals surface area contributed by atoms with Crippen LogP contribution in [0.5, 0.6) is 11.6 Å². The molecule has 3 rings (SSSR count). The summed E-state index contributed by atoms with van der Waals surface area (Å²) in [7, 11) is -1.43. The van der Waals surface area contributed by atoms with E-state index in [1.165, 1.54) is 0 Å². The second-order valence-corrected chi connectivity index (χ2v) is 12.8. The fourth-order valence-electron chi connectivity index (χ4n) is 2.76. The Balaban J connectivity index is 1.80. The van der Waals surface area contributed by atoms with E-state index < -0.39 is 8.07 Å². The molecule has 150 valence electrons. The third-order valence-electron chi connectivity index (χ3n) is 4.15. The molecule has 2 aromatic carbocycles. The number of benzene rings is 2. The molecule has 0 spiro atoms. The molecule has 30 heavy (non-hydrogen) atoms. The van der Waals surface area contributed by atoms with E-state index in [4.69, 9.17) is 10.00 Å². The molecule has 0 atom stereocenters. The summed E-state index contributed by atoms with van der Waals surface area (Å²) in [5.41, 5.74) is 7.82. The molecule has 0 fully saturated rings. The summed E-state index contributed by atoms with van der Waals surface area (Å²) < 4.78 is 6.08. The number of aryl methyl sites for hydroxylation is 2. The lowest BCUT2D eigenvalue weighted by Crippen LogP contribution is -2.16.